The molecule has 0 amide bonds. The van der Waals surface area contributed by atoms with Gasteiger partial charge < -0.3 is 10.2 Å². The highest BCUT2D eigenvalue weighted by Crippen LogP contribution is 2.36. The molecule has 1 fully saturated rings. The largest absolute Gasteiger partial charge is 0.363 e. The van der Waals surface area contributed by atoms with Gasteiger partial charge in [-0.05, 0) is 22.0 Å². The number of nitro benzene ring substituents is 1. The minimum Gasteiger partial charge on any atom is -0.363 e. The van der Waals surface area contributed by atoms with Crippen molar-refractivity contribution in [2.45, 2.75) is 0 Å². The van der Waals surface area contributed by atoms with E-state index in [-0.39, 0.29) is 5.69 Å². The van der Waals surface area contributed by atoms with Crippen molar-refractivity contribution >= 4 is 27.3 Å². The summed E-state index contributed by atoms with van der Waals surface area (Å²) in [5.41, 5.74) is 0.261. The predicted octanol–water partition coefficient (Wildman–Crippen LogP) is 1.91. The molecule has 0 unspecified atom stereocenters. The Labute approximate surface area is 106 Å². The van der Waals surface area contributed by atoms with E-state index in [0.717, 1.165) is 19.2 Å². The van der Waals surface area contributed by atoms with E-state index in [9.17, 15) is 14.5 Å². The van der Waals surface area contributed by atoms with Crippen LogP contribution in [0.3, 0.4) is 0 Å². The number of anilines is 1. The molecule has 0 radical (unpaired) electrons. The van der Waals surface area contributed by atoms with E-state index in [1.54, 1.807) is 0 Å². The molecule has 0 bridgehead atoms. The van der Waals surface area contributed by atoms with Crippen molar-refractivity contribution in [1.29, 1.82) is 0 Å². The molecule has 0 atom stereocenters. The van der Waals surface area contributed by atoms with Crippen LogP contribution in [0.4, 0.5) is 15.8 Å². The molecule has 5 nitrogen and oxygen atoms in total. The second-order valence-electron chi connectivity index (χ2n) is 3.75. The van der Waals surface area contributed by atoms with Gasteiger partial charge in [0.25, 0.3) is 5.69 Å². The summed E-state index contributed by atoms with van der Waals surface area (Å²) >= 11 is 3.20. The van der Waals surface area contributed by atoms with Crippen LogP contribution in [0.5, 0.6) is 0 Å². The summed E-state index contributed by atoms with van der Waals surface area (Å²) in [4.78, 5) is 12.3. The Morgan fingerprint density at radius 2 is 2.06 bits per heavy atom. The molecule has 2 rings (SSSR count). The van der Waals surface area contributed by atoms with Gasteiger partial charge in [0.2, 0.25) is 0 Å². The maximum Gasteiger partial charge on any atom is 0.296 e. The van der Waals surface area contributed by atoms with Crippen molar-refractivity contribution in [3.05, 3.63) is 32.5 Å². The van der Waals surface area contributed by atoms with Crippen LogP contribution in [0.25, 0.3) is 0 Å². The van der Waals surface area contributed by atoms with Crippen molar-refractivity contribution in [3.8, 4) is 0 Å². The third-order valence-electron chi connectivity index (χ3n) is 2.64. The van der Waals surface area contributed by atoms with E-state index in [0.29, 0.717) is 23.2 Å². The second-order valence-corrected chi connectivity index (χ2v) is 4.60. The van der Waals surface area contributed by atoms with Gasteiger partial charge in [-0.25, -0.2) is 4.39 Å². The van der Waals surface area contributed by atoms with Gasteiger partial charge in [0.1, 0.15) is 11.5 Å². The summed E-state index contributed by atoms with van der Waals surface area (Å²) in [6.07, 6.45) is 0. The average molecular weight is 304 g/mol. The number of nitrogens with one attached hydrogen (secondary N) is 1. The number of nitro groups is 1. The highest BCUT2D eigenvalue weighted by molar-refractivity contribution is 9.10. The van der Waals surface area contributed by atoms with E-state index in [1.165, 1.54) is 6.07 Å². The fourth-order valence-corrected chi connectivity index (χ4v) is 2.57. The van der Waals surface area contributed by atoms with Crippen molar-refractivity contribution in [1.82, 2.24) is 5.32 Å². The lowest BCUT2D eigenvalue weighted by Crippen LogP contribution is -2.43. The Balaban J connectivity index is 2.46. The number of benzene rings is 1. The molecule has 1 aromatic carbocycles. The van der Waals surface area contributed by atoms with Crippen LogP contribution >= 0.6 is 15.9 Å². The molecular formula is C10H11BrFN3O2. The third-order valence-corrected chi connectivity index (χ3v) is 3.24. The van der Waals surface area contributed by atoms with Gasteiger partial charge in [-0.15, -0.1) is 0 Å². The lowest BCUT2D eigenvalue weighted by Gasteiger charge is -2.29. The number of halogens is 2. The number of piperazine rings is 1. The first kappa shape index (κ1) is 12.3. The van der Waals surface area contributed by atoms with Crippen LogP contribution < -0.4 is 10.2 Å². The number of hydrogen-bond donors (Lipinski definition) is 1. The Morgan fingerprint density at radius 3 is 2.65 bits per heavy atom. The van der Waals surface area contributed by atoms with E-state index in [4.69, 9.17) is 0 Å². The summed E-state index contributed by atoms with van der Waals surface area (Å²) in [5.74, 6) is -0.609. The molecule has 1 saturated heterocycles. The van der Waals surface area contributed by atoms with E-state index in [2.05, 4.69) is 21.2 Å². The summed E-state index contributed by atoms with van der Waals surface area (Å²) in [7, 11) is 0. The van der Waals surface area contributed by atoms with Gasteiger partial charge in [-0.1, -0.05) is 0 Å². The molecule has 92 valence electrons. The van der Waals surface area contributed by atoms with Gasteiger partial charge in [-0.3, -0.25) is 10.1 Å². The quantitative estimate of drug-likeness (QED) is 0.670. The number of rotatable bonds is 2. The highest BCUT2D eigenvalue weighted by Gasteiger charge is 2.24. The van der Waals surface area contributed by atoms with Crippen molar-refractivity contribution in [2.24, 2.45) is 0 Å². The van der Waals surface area contributed by atoms with E-state index < -0.39 is 10.7 Å². The molecule has 1 aliphatic heterocycles. The topological polar surface area (TPSA) is 58.4 Å². The fourth-order valence-electron chi connectivity index (χ4n) is 1.89. The summed E-state index contributed by atoms with van der Waals surface area (Å²) in [5, 5.41) is 14.1. The fraction of sp³-hybridized carbons (Fsp3) is 0.400. The van der Waals surface area contributed by atoms with Gasteiger partial charge in [-0.2, -0.15) is 0 Å². The normalized spacial score (nSPS) is 16.0. The molecule has 1 N–H and O–H groups in total. The van der Waals surface area contributed by atoms with Crippen molar-refractivity contribution in [2.75, 3.05) is 31.1 Å². The first-order valence-electron chi connectivity index (χ1n) is 5.18. The minimum atomic E-state index is -0.609. The van der Waals surface area contributed by atoms with Crippen LogP contribution in [-0.4, -0.2) is 31.1 Å². The second kappa shape index (κ2) is 4.97. The molecule has 1 aromatic rings. The van der Waals surface area contributed by atoms with Crippen LogP contribution in [0, 0.1) is 15.9 Å². The first-order valence-corrected chi connectivity index (χ1v) is 5.98. The molecule has 0 aromatic heterocycles. The molecule has 7 heteroatoms. The molecular weight excluding hydrogens is 293 g/mol. The molecule has 0 spiro atoms. The van der Waals surface area contributed by atoms with Crippen LogP contribution in [0.2, 0.25) is 0 Å². The summed E-state index contributed by atoms with van der Waals surface area (Å²) in [6.45, 7) is 2.87. The Morgan fingerprint density at radius 1 is 1.41 bits per heavy atom. The zero-order chi connectivity index (χ0) is 12.4. The SMILES string of the molecule is O=[N+]([O-])c1cc(F)cc(Br)c1N1CCNCC1. The maximum absolute atomic E-state index is 13.2. The first-order chi connectivity index (χ1) is 8.09. The smallest absolute Gasteiger partial charge is 0.296 e. The lowest BCUT2D eigenvalue weighted by atomic mass is 10.2. The van der Waals surface area contributed by atoms with Crippen LogP contribution in [0.15, 0.2) is 16.6 Å². The zero-order valence-corrected chi connectivity index (χ0v) is 10.5. The maximum atomic E-state index is 13.2. The number of nitrogens with zero attached hydrogens (tertiary/aromatic N) is 2. The lowest BCUT2D eigenvalue weighted by molar-refractivity contribution is -0.384. The van der Waals surface area contributed by atoms with Gasteiger partial charge >= 0.3 is 0 Å². The van der Waals surface area contributed by atoms with E-state index in [1.807, 2.05) is 4.90 Å². The van der Waals surface area contributed by atoms with Crippen LogP contribution in [-0.2, 0) is 0 Å². The molecule has 17 heavy (non-hydrogen) atoms. The Hall–Kier alpha value is -1.21. The summed E-state index contributed by atoms with van der Waals surface area (Å²) in [6, 6.07) is 2.21. The minimum absolute atomic E-state index is 0.196. The molecule has 0 aliphatic carbocycles. The standard InChI is InChI=1S/C10H11BrFN3O2/c11-8-5-7(12)6-9(15(16)17)10(8)14-3-1-13-2-4-14/h5-6,13H,1-4H2. The Bertz CT molecular complexity index is 449. The molecule has 1 aliphatic rings. The van der Waals surface area contributed by atoms with Gasteiger partial charge in [0.05, 0.1) is 15.5 Å². The summed E-state index contributed by atoms with van der Waals surface area (Å²) < 4.78 is 13.6. The predicted molar refractivity (Wildman–Crippen MR) is 65.8 cm³/mol. The van der Waals surface area contributed by atoms with Crippen molar-refractivity contribution in [3.63, 3.8) is 0 Å². The van der Waals surface area contributed by atoms with Gasteiger partial charge in [0, 0.05) is 26.2 Å². The molecule has 1 heterocycles. The van der Waals surface area contributed by atoms with E-state index >= 15 is 0 Å². The third kappa shape index (κ3) is 2.55. The van der Waals surface area contributed by atoms with Crippen molar-refractivity contribution < 1.29 is 9.31 Å². The Kier molecular flexibility index (Phi) is 3.58. The van der Waals surface area contributed by atoms with Gasteiger partial charge in [0.15, 0.2) is 0 Å². The average Bonchev–Trinajstić information content (AvgIpc) is 2.29. The highest BCUT2D eigenvalue weighted by atomic mass is 79.9. The molecule has 0 saturated carbocycles. The number of hydrogen-bond acceptors (Lipinski definition) is 4. The monoisotopic (exact) mass is 303 g/mol. The zero-order valence-electron chi connectivity index (χ0n) is 8.95. The van der Waals surface area contributed by atoms with Crippen LogP contribution in [0.1, 0.15) is 0 Å².